The van der Waals surface area contributed by atoms with Gasteiger partial charge in [0.15, 0.2) is 0 Å². The summed E-state index contributed by atoms with van der Waals surface area (Å²) in [7, 11) is 0. The molecular weight excluding hydrogens is 911 g/mol. The molecule has 1 aliphatic carbocycles. The summed E-state index contributed by atoms with van der Waals surface area (Å²) >= 11 is 1.43. The Balaban J connectivity index is 0.825. The van der Waals surface area contributed by atoms with Crippen LogP contribution in [0, 0.1) is 20.8 Å². The molecule has 0 radical (unpaired) electrons. The van der Waals surface area contributed by atoms with Crippen molar-refractivity contribution < 1.29 is 28.7 Å². The third kappa shape index (κ3) is 10.6. The van der Waals surface area contributed by atoms with Crippen molar-refractivity contribution in [3.8, 4) is 38.5 Å². The maximum atomic E-state index is 13.5. The van der Waals surface area contributed by atoms with Gasteiger partial charge in [-0.2, -0.15) is 0 Å². The molecule has 4 aromatic heterocycles. The van der Waals surface area contributed by atoms with Crippen molar-refractivity contribution in [2.75, 3.05) is 17.2 Å². The number of amides is 4. The van der Waals surface area contributed by atoms with Gasteiger partial charge in [-0.3, -0.25) is 24.2 Å². The minimum Gasteiger partial charge on any atom is -0.462 e. The number of hydrogen-bond acceptors (Lipinski definition) is 8. The summed E-state index contributed by atoms with van der Waals surface area (Å²) in [4.78, 5) is 74.0. The predicted octanol–water partition coefficient (Wildman–Crippen LogP) is 11.3. The molecule has 0 saturated carbocycles. The summed E-state index contributed by atoms with van der Waals surface area (Å²) in [5.74, 6) is -1.35. The van der Waals surface area contributed by atoms with Crippen molar-refractivity contribution in [1.29, 1.82) is 0 Å². The average molecular weight is 964 g/mol. The van der Waals surface area contributed by atoms with E-state index in [9.17, 15) is 24.0 Å². The van der Waals surface area contributed by atoms with Crippen molar-refractivity contribution in [2.45, 2.75) is 66.5 Å². The molecule has 4 amide bonds. The summed E-state index contributed by atoms with van der Waals surface area (Å²) in [5.41, 5.74) is 13.2. The van der Waals surface area contributed by atoms with Crippen molar-refractivity contribution in [3.63, 3.8) is 0 Å². The molecular formula is C57H53N7O6S. The molecule has 0 fully saturated rings. The SMILES string of the molecule is CCOC(=O)c1c(C)[nH]c(C(=O)N[C@@H]2CCCc3cc(-c4cccc(-c5ccc(C(=O)NCc6cccc(-c7ccn(-c8cc(C(=O)Nc9cccc(NC(C)=O)c9)ccc8C)c7)n6)s5)c4)ccc32)c1C. The second kappa shape index (κ2) is 20.7. The highest BCUT2D eigenvalue weighted by atomic mass is 32.1. The first-order valence-corrected chi connectivity index (χ1v) is 24.4. The van der Waals surface area contributed by atoms with E-state index in [4.69, 9.17) is 9.72 Å². The summed E-state index contributed by atoms with van der Waals surface area (Å²) in [6.45, 7) is 9.22. The zero-order valence-electron chi connectivity index (χ0n) is 40.1. The molecule has 0 bridgehead atoms. The fraction of sp³-hybridized carbons (Fsp3) is 0.193. The number of aryl methyl sites for hydroxylation is 3. The first kappa shape index (κ1) is 47.7. The van der Waals surface area contributed by atoms with Crippen LogP contribution in [0.5, 0.6) is 0 Å². The van der Waals surface area contributed by atoms with E-state index in [0.717, 1.165) is 68.9 Å². The quantitative estimate of drug-likeness (QED) is 0.0674. The molecule has 13 nitrogen and oxygen atoms in total. The molecule has 0 unspecified atom stereocenters. The van der Waals surface area contributed by atoms with Gasteiger partial charge in [0.25, 0.3) is 17.7 Å². The highest BCUT2D eigenvalue weighted by molar-refractivity contribution is 7.17. The normalized spacial score (nSPS) is 12.9. The monoisotopic (exact) mass is 963 g/mol. The van der Waals surface area contributed by atoms with Gasteiger partial charge in [-0.1, -0.05) is 54.6 Å². The zero-order chi connectivity index (χ0) is 49.8. The van der Waals surface area contributed by atoms with Crippen LogP contribution < -0.4 is 21.3 Å². The Hall–Kier alpha value is -8.36. The molecule has 0 spiro atoms. The maximum absolute atomic E-state index is 13.5. The van der Waals surface area contributed by atoms with Crippen LogP contribution in [0.25, 0.3) is 38.5 Å². The number of rotatable bonds is 14. The Bertz CT molecular complexity index is 3360. The van der Waals surface area contributed by atoms with Crippen LogP contribution in [0.2, 0.25) is 0 Å². The van der Waals surface area contributed by atoms with Gasteiger partial charge < -0.3 is 35.6 Å². The lowest BCUT2D eigenvalue weighted by atomic mass is 9.85. The van der Waals surface area contributed by atoms with Crippen LogP contribution in [0.4, 0.5) is 11.4 Å². The van der Waals surface area contributed by atoms with Crippen molar-refractivity contribution in [2.24, 2.45) is 0 Å². The number of thiophene rings is 1. The number of H-pyrrole nitrogens is 1. The second-order valence-corrected chi connectivity index (χ2v) is 18.7. The molecule has 71 heavy (non-hydrogen) atoms. The molecule has 0 saturated heterocycles. The first-order chi connectivity index (χ1) is 34.3. The van der Waals surface area contributed by atoms with Crippen molar-refractivity contribution in [1.82, 2.24) is 25.2 Å². The smallest absolute Gasteiger partial charge is 0.340 e. The van der Waals surface area contributed by atoms with Gasteiger partial charge in [0.1, 0.15) is 5.69 Å². The third-order valence-corrected chi connectivity index (χ3v) is 13.8. The number of fused-ring (bicyclic) bond motifs is 1. The number of aromatic nitrogens is 3. The van der Waals surface area contributed by atoms with Gasteiger partial charge in [0.2, 0.25) is 5.91 Å². The number of nitrogens with one attached hydrogen (secondary N) is 5. The third-order valence-electron chi connectivity index (χ3n) is 12.6. The Kier molecular flexibility index (Phi) is 13.9. The van der Waals surface area contributed by atoms with Crippen LogP contribution >= 0.6 is 11.3 Å². The molecule has 358 valence electrons. The zero-order valence-corrected chi connectivity index (χ0v) is 40.9. The van der Waals surface area contributed by atoms with Gasteiger partial charge in [-0.15, -0.1) is 11.3 Å². The second-order valence-electron chi connectivity index (χ2n) is 17.6. The van der Waals surface area contributed by atoms with E-state index in [1.54, 1.807) is 51.1 Å². The molecule has 14 heteroatoms. The average Bonchev–Trinajstić information content (AvgIpc) is 4.13. The Morgan fingerprint density at radius 2 is 1.55 bits per heavy atom. The van der Waals surface area contributed by atoms with E-state index < -0.39 is 5.97 Å². The first-order valence-electron chi connectivity index (χ1n) is 23.5. The van der Waals surface area contributed by atoms with Crippen LogP contribution in [-0.4, -0.2) is 50.7 Å². The number of pyridine rings is 1. The summed E-state index contributed by atoms with van der Waals surface area (Å²) < 4.78 is 7.18. The molecule has 0 aliphatic heterocycles. The number of ether oxygens (including phenoxy) is 1. The fourth-order valence-electron chi connectivity index (χ4n) is 9.13. The van der Waals surface area contributed by atoms with Gasteiger partial charge in [0, 0.05) is 58.1 Å². The Morgan fingerprint density at radius 1 is 0.775 bits per heavy atom. The molecule has 9 rings (SSSR count). The number of carbonyl (C=O) groups is 5. The highest BCUT2D eigenvalue weighted by Gasteiger charge is 2.27. The highest BCUT2D eigenvalue weighted by Crippen LogP contribution is 2.36. The predicted molar refractivity (Wildman–Crippen MR) is 278 cm³/mol. The van der Waals surface area contributed by atoms with E-state index >= 15 is 0 Å². The number of hydrogen-bond donors (Lipinski definition) is 5. The lowest BCUT2D eigenvalue weighted by Crippen LogP contribution is -2.31. The van der Waals surface area contributed by atoms with Gasteiger partial charge in [0.05, 0.1) is 41.0 Å². The number of anilines is 2. The van der Waals surface area contributed by atoms with Crippen LogP contribution in [0.1, 0.15) is 107 Å². The van der Waals surface area contributed by atoms with Crippen LogP contribution in [0.3, 0.4) is 0 Å². The minimum absolute atomic E-state index is 0.164. The minimum atomic E-state index is -0.438. The molecule has 4 aromatic carbocycles. The molecule has 1 atom stereocenters. The molecule has 4 heterocycles. The number of esters is 1. The van der Waals surface area contributed by atoms with E-state index in [1.165, 1.54) is 23.8 Å². The fourth-order valence-corrected chi connectivity index (χ4v) is 10.1. The maximum Gasteiger partial charge on any atom is 0.340 e. The van der Waals surface area contributed by atoms with E-state index in [2.05, 4.69) is 56.6 Å². The van der Waals surface area contributed by atoms with E-state index in [1.807, 2.05) is 84.5 Å². The number of nitrogens with zero attached hydrogens (tertiary/aromatic N) is 2. The van der Waals surface area contributed by atoms with Gasteiger partial charge >= 0.3 is 5.97 Å². The number of aromatic amines is 1. The lowest BCUT2D eigenvalue weighted by Gasteiger charge is -2.27. The molecule has 8 aromatic rings. The largest absolute Gasteiger partial charge is 0.462 e. The molecule has 5 N–H and O–H groups in total. The molecule has 1 aliphatic rings. The van der Waals surface area contributed by atoms with E-state index in [-0.39, 0.29) is 42.8 Å². The van der Waals surface area contributed by atoms with Gasteiger partial charge in [-0.05, 0) is 153 Å². The van der Waals surface area contributed by atoms with Crippen molar-refractivity contribution >= 4 is 52.3 Å². The summed E-state index contributed by atoms with van der Waals surface area (Å²) in [6.07, 6.45) is 6.54. The topological polar surface area (TPSA) is 176 Å². The summed E-state index contributed by atoms with van der Waals surface area (Å²) in [5, 5.41) is 11.9. The number of benzene rings is 4. The standard InChI is InChI=1S/C57H53N7O6S/c1-6-70-57(69)52-34(3)53(59-35(52)4)56(68)63-48-18-8-12-39-27-38(21-22-46(39)48)37-11-7-13-40(28-37)50-23-24-51(71-50)55(67)58-31-45-16-10-17-47(61-45)42-25-26-64(32-42)49-29-41(20-19-33(49)2)54(66)62-44-15-9-14-43(30-44)60-36(5)65/h7,9-11,13-17,19-30,32,48,59H,6,8,12,18,31H2,1-5H3,(H,58,67)(H,60,65)(H,62,66)(H,63,68)/t48-/m1/s1. The number of carbonyl (C=O) groups excluding carboxylic acids is 5. The summed E-state index contributed by atoms with van der Waals surface area (Å²) in [6, 6.07) is 38.6. The van der Waals surface area contributed by atoms with Crippen LogP contribution in [0.15, 0.2) is 134 Å². The van der Waals surface area contributed by atoms with E-state index in [0.29, 0.717) is 50.0 Å². The van der Waals surface area contributed by atoms with Crippen LogP contribution in [-0.2, 0) is 22.5 Å². The Labute approximate surface area is 415 Å². The Morgan fingerprint density at radius 3 is 2.37 bits per heavy atom. The lowest BCUT2D eigenvalue weighted by molar-refractivity contribution is -0.114. The van der Waals surface area contributed by atoms with Crippen molar-refractivity contribution in [3.05, 3.63) is 189 Å². The van der Waals surface area contributed by atoms with Gasteiger partial charge in [-0.25, -0.2) is 4.79 Å².